The maximum absolute atomic E-state index is 4.89. The van der Waals surface area contributed by atoms with Crippen molar-refractivity contribution in [3.05, 3.63) is 83.4 Å². The van der Waals surface area contributed by atoms with E-state index in [1.807, 2.05) is 0 Å². The number of aliphatic imine (C=N–C) groups is 1. The van der Waals surface area contributed by atoms with Crippen LogP contribution in [-0.4, -0.2) is 15.9 Å². The SMILES string of the molecule is CCC1C(C)=Nc2n[nH]c(-c3ccc(C)cc3)c2C1c1cccc2ccccc12. The molecule has 2 heterocycles. The molecule has 0 fully saturated rings. The molecule has 3 aromatic carbocycles. The monoisotopic (exact) mass is 379 g/mol. The van der Waals surface area contributed by atoms with Crippen LogP contribution >= 0.6 is 0 Å². The summed E-state index contributed by atoms with van der Waals surface area (Å²) in [6, 6.07) is 24.0. The molecular formula is C26H25N3. The standard InChI is InChI=1S/C26H25N3/c1-4-20-17(3)27-26-24(25(28-29-26)19-14-12-16(2)13-15-19)23(20)22-11-7-9-18-8-5-6-10-21(18)22/h5-15,20,23H,4H2,1-3H3,(H,28,29). The lowest BCUT2D eigenvalue weighted by Gasteiger charge is -2.31. The molecule has 0 bridgehead atoms. The first-order valence-electron chi connectivity index (χ1n) is 10.4. The summed E-state index contributed by atoms with van der Waals surface area (Å²) >= 11 is 0. The van der Waals surface area contributed by atoms with Gasteiger partial charge in [0.15, 0.2) is 5.82 Å². The Labute approximate surface area is 171 Å². The lowest BCUT2D eigenvalue weighted by atomic mass is 9.73. The maximum Gasteiger partial charge on any atom is 0.178 e. The topological polar surface area (TPSA) is 41.0 Å². The minimum absolute atomic E-state index is 0.230. The minimum atomic E-state index is 0.230. The lowest BCUT2D eigenvalue weighted by Crippen LogP contribution is -2.24. The Kier molecular flexibility index (Phi) is 4.31. The Morgan fingerprint density at radius 1 is 0.897 bits per heavy atom. The van der Waals surface area contributed by atoms with Crippen LogP contribution in [0.15, 0.2) is 71.7 Å². The summed E-state index contributed by atoms with van der Waals surface area (Å²) in [7, 11) is 0. The third-order valence-corrected chi connectivity index (χ3v) is 6.25. The van der Waals surface area contributed by atoms with E-state index < -0.39 is 0 Å². The van der Waals surface area contributed by atoms with Crippen LogP contribution in [0.2, 0.25) is 0 Å². The van der Waals surface area contributed by atoms with Crippen LogP contribution in [0, 0.1) is 12.8 Å². The number of nitrogens with zero attached hydrogens (tertiary/aromatic N) is 2. The minimum Gasteiger partial charge on any atom is -0.275 e. The molecular weight excluding hydrogens is 354 g/mol. The van der Waals surface area contributed by atoms with Crippen LogP contribution < -0.4 is 0 Å². The van der Waals surface area contributed by atoms with Crippen LogP contribution in [0.3, 0.4) is 0 Å². The van der Waals surface area contributed by atoms with E-state index in [1.165, 1.54) is 38.7 Å². The molecule has 29 heavy (non-hydrogen) atoms. The highest BCUT2D eigenvalue weighted by atomic mass is 15.2. The van der Waals surface area contributed by atoms with Crippen molar-refractivity contribution < 1.29 is 0 Å². The van der Waals surface area contributed by atoms with Gasteiger partial charge in [-0.25, -0.2) is 4.99 Å². The third kappa shape index (κ3) is 2.89. The second-order valence-corrected chi connectivity index (χ2v) is 8.02. The molecule has 1 aliphatic rings. The third-order valence-electron chi connectivity index (χ3n) is 6.25. The molecule has 2 unspecified atom stereocenters. The average Bonchev–Trinajstić information content (AvgIpc) is 3.16. The highest BCUT2D eigenvalue weighted by Gasteiger charge is 2.36. The molecule has 4 aromatic rings. The number of rotatable bonds is 3. The summed E-state index contributed by atoms with van der Waals surface area (Å²) in [6.45, 7) is 6.53. The fourth-order valence-corrected chi connectivity index (χ4v) is 4.78. The predicted octanol–water partition coefficient (Wildman–Crippen LogP) is 6.80. The summed E-state index contributed by atoms with van der Waals surface area (Å²) in [6.07, 6.45) is 1.04. The van der Waals surface area contributed by atoms with E-state index in [-0.39, 0.29) is 5.92 Å². The number of aromatic amines is 1. The van der Waals surface area contributed by atoms with Gasteiger partial charge in [-0.1, -0.05) is 79.2 Å². The molecule has 144 valence electrons. The molecule has 2 atom stereocenters. The molecule has 3 nitrogen and oxygen atoms in total. The predicted molar refractivity (Wildman–Crippen MR) is 121 cm³/mol. The van der Waals surface area contributed by atoms with Crippen LogP contribution in [0.25, 0.3) is 22.0 Å². The summed E-state index contributed by atoms with van der Waals surface area (Å²) in [5.74, 6) is 1.42. The summed E-state index contributed by atoms with van der Waals surface area (Å²) in [5, 5.41) is 10.5. The molecule has 1 aromatic heterocycles. The first-order valence-corrected chi connectivity index (χ1v) is 10.4. The zero-order valence-corrected chi connectivity index (χ0v) is 17.1. The zero-order chi connectivity index (χ0) is 20.0. The largest absolute Gasteiger partial charge is 0.275 e. The second-order valence-electron chi connectivity index (χ2n) is 8.02. The first-order chi connectivity index (χ1) is 14.2. The second kappa shape index (κ2) is 7.00. The Morgan fingerprint density at radius 3 is 2.45 bits per heavy atom. The van der Waals surface area contributed by atoms with E-state index in [9.17, 15) is 0 Å². The lowest BCUT2D eigenvalue weighted by molar-refractivity contribution is 0.578. The molecule has 0 aliphatic carbocycles. The van der Waals surface area contributed by atoms with Gasteiger partial charge in [0.2, 0.25) is 0 Å². The van der Waals surface area contributed by atoms with E-state index in [1.54, 1.807) is 0 Å². The number of nitrogens with one attached hydrogen (secondary N) is 1. The van der Waals surface area contributed by atoms with E-state index >= 15 is 0 Å². The highest BCUT2D eigenvalue weighted by molar-refractivity contribution is 5.94. The number of H-pyrrole nitrogens is 1. The summed E-state index contributed by atoms with van der Waals surface area (Å²) in [4.78, 5) is 4.89. The fraction of sp³-hybridized carbons (Fsp3) is 0.231. The fourth-order valence-electron chi connectivity index (χ4n) is 4.78. The normalized spacial score (nSPS) is 18.5. The van der Waals surface area contributed by atoms with Crippen molar-refractivity contribution in [3.63, 3.8) is 0 Å². The van der Waals surface area contributed by atoms with Gasteiger partial charge in [0.05, 0.1) is 5.69 Å². The van der Waals surface area contributed by atoms with Gasteiger partial charge in [-0.15, -0.1) is 0 Å². The van der Waals surface area contributed by atoms with Crippen molar-refractivity contribution in [1.29, 1.82) is 0 Å². The quantitative estimate of drug-likeness (QED) is 0.418. The molecule has 0 saturated heterocycles. The molecule has 0 spiro atoms. The first kappa shape index (κ1) is 17.9. The Bertz CT molecular complexity index is 1210. The van der Waals surface area contributed by atoms with Crippen molar-refractivity contribution in [2.45, 2.75) is 33.1 Å². The van der Waals surface area contributed by atoms with Gasteiger partial charge in [-0.2, -0.15) is 5.10 Å². The number of hydrogen-bond donors (Lipinski definition) is 1. The van der Waals surface area contributed by atoms with Gasteiger partial charge in [-0.3, -0.25) is 5.10 Å². The molecule has 3 heteroatoms. The van der Waals surface area contributed by atoms with Crippen LogP contribution in [0.4, 0.5) is 5.82 Å². The van der Waals surface area contributed by atoms with Crippen molar-refractivity contribution in [1.82, 2.24) is 10.2 Å². The molecule has 0 radical (unpaired) electrons. The number of aryl methyl sites for hydroxylation is 1. The molecule has 1 aliphatic heterocycles. The van der Waals surface area contributed by atoms with Crippen molar-refractivity contribution in [2.24, 2.45) is 10.9 Å². The highest BCUT2D eigenvalue weighted by Crippen LogP contribution is 2.48. The van der Waals surface area contributed by atoms with E-state index in [0.29, 0.717) is 5.92 Å². The van der Waals surface area contributed by atoms with Crippen LogP contribution in [-0.2, 0) is 0 Å². The smallest absolute Gasteiger partial charge is 0.178 e. The zero-order valence-electron chi connectivity index (χ0n) is 17.1. The van der Waals surface area contributed by atoms with Gasteiger partial charge in [-0.05, 0) is 42.2 Å². The maximum atomic E-state index is 4.89. The molecule has 5 rings (SSSR count). The van der Waals surface area contributed by atoms with E-state index in [4.69, 9.17) is 4.99 Å². The van der Waals surface area contributed by atoms with Crippen LogP contribution in [0.1, 0.15) is 42.9 Å². The summed E-state index contributed by atoms with van der Waals surface area (Å²) in [5.41, 5.74) is 7.27. The van der Waals surface area contributed by atoms with Gasteiger partial charge >= 0.3 is 0 Å². The molecule has 0 amide bonds. The van der Waals surface area contributed by atoms with Crippen molar-refractivity contribution in [2.75, 3.05) is 0 Å². The molecule has 1 N–H and O–H groups in total. The summed E-state index contributed by atoms with van der Waals surface area (Å²) < 4.78 is 0. The Balaban J connectivity index is 1.78. The van der Waals surface area contributed by atoms with Crippen LogP contribution in [0.5, 0.6) is 0 Å². The van der Waals surface area contributed by atoms with Gasteiger partial charge in [0, 0.05) is 23.1 Å². The van der Waals surface area contributed by atoms with E-state index in [2.05, 4.69) is 97.7 Å². The van der Waals surface area contributed by atoms with Gasteiger partial charge in [0.1, 0.15) is 0 Å². The molecule has 0 saturated carbocycles. The Hall–Kier alpha value is -3.20. The number of fused-ring (bicyclic) bond motifs is 2. The van der Waals surface area contributed by atoms with Gasteiger partial charge in [0.25, 0.3) is 0 Å². The van der Waals surface area contributed by atoms with Crippen molar-refractivity contribution >= 4 is 22.3 Å². The van der Waals surface area contributed by atoms with E-state index in [0.717, 1.165) is 17.9 Å². The number of hydrogen-bond acceptors (Lipinski definition) is 2. The Morgan fingerprint density at radius 2 is 1.66 bits per heavy atom. The van der Waals surface area contributed by atoms with Crippen molar-refractivity contribution in [3.8, 4) is 11.3 Å². The number of aromatic nitrogens is 2. The average molecular weight is 380 g/mol. The number of benzene rings is 3. The van der Waals surface area contributed by atoms with Gasteiger partial charge < -0.3 is 0 Å².